The molecule has 25 heavy (non-hydrogen) atoms. The molecule has 0 aromatic heterocycles. The summed E-state index contributed by atoms with van der Waals surface area (Å²) in [7, 11) is 1.22. The van der Waals surface area contributed by atoms with Crippen molar-refractivity contribution in [1.29, 1.82) is 0 Å². The van der Waals surface area contributed by atoms with Crippen LogP contribution in [-0.2, 0) is 27.2 Å². The number of benzene rings is 2. The molecule has 0 aliphatic heterocycles. The molecule has 0 heterocycles. The summed E-state index contributed by atoms with van der Waals surface area (Å²) in [6.07, 6.45) is -0.00298. The zero-order chi connectivity index (χ0) is 18.4. The first-order valence-electron chi connectivity index (χ1n) is 7.44. The van der Waals surface area contributed by atoms with Gasteiger partial charge in [0.2, 0.25) is 5.91 Å². The molecule has 1 amide bonds. The maximum Gasteiger partial charge on any atom is 0.328 e. The van der Waals surface area contributed by atoms with E-state index in [0.717, 1.165) is 17.7 Å². The van der Waals surface area contributed by atoms with Gasteiger partial charge in [-0.1, -0.05) is 29.8 Å². The topological polar surface area (TPSA) is 55.4 Å². The van der Waals surface area contributed by atoms with Crippen LogP contribution in [0.5, 0.6) is 0 Å². The van der Waals surface area contributed by atoms with Gasteiger partial charge in [-0.25, -0.2) is 13.6 Å². The summed E-state index contributed by atoms with van der Waals surface area (Å²) in [5.41, 5.74) is 1.04. The smallest absolute Gasteiger partial charge is 0.328 e. The molecule has 0 bridgehead atoms. The Morgan fingerprint density at radius 3 is 2.52 bits per heavy atom. The number of hydrogen-bond acceptors (Lipinski definition) is 3. The second-order valence-corrected chi connectivity index (χ2v) is 5.84. The number of rotatable bonds is 6. The van der Waals surface area contributed by atoms with Gasteiger partial charge >= 0.3 is 5.97 Å². The van der Waals surface area contributed by atoms with Crippen molar-refractivity contribution in [2.75, 3.05) is 7.11 Å². The van der Waals surface area contributed by atoms with Gasteiger partial charge in [-0.05, 0) is 35.4 Å². The highest BCUT2D eigenvalue weighted by Gasteiger charge is 2.22. The lowest BCUT2D eigenvalue weighted by molar-refractivity contribution is -0.145. The van der Waals surface area contributed by atoms with Crippen LogP contribution in [0.3, 0.4) is 0 Å². The molecular weight excluding hydrogens is 352 g/mol. The van der Waals surface area contributed by atoms with Gasteiger partial charge in [-0.2, -0.15) is 0 Å². The first-order valence-corrected chi connectivity index (χ1v) is 7.82. The fourth-order valence-corrected chi connectivity index (χ4v) is 2.53. The molecule has 0 saturated heterocycles. The van der Waals surface area contributed by atoms with Gasteiger partial charge in [0.05, 0.1) is 13.5 Å². The summed E-state index contributed by atoms with van der Waals surface area (Å²) < 4.78 is 30.8. The Kier molecular flexibility index (Phi) is 6.47. The monoisotopic (exact) mass is 367 g/mol. The van der Waals surface area contributed by atoms with Crippen molar-refractivity contribution >= 4 is 23.5 Å². The standard InChI is InChI=1S/C18H16ClF2NO3/c1-25-18(24)16(9-11-3-2-4-13(19)7-11)22-17(23)10-12-5-6-14(20)15(21)8-12/h2-8,16H,9-10H2,1H3,(H,22,23)/t16-/m0/s1. The quantitative estimate of drug-likeness (QED) is 0.798. The predicted octanol–water partition coefficient (Wildman–Crippen LogP) is 3.06. The Balaban J connectivity index is 2.06. The van der Waals surface area contributed by atoms with Crippen molar-refractivity contribution in [1.82, 2.24) is 5.32 Å². The maximum atomic E-state index is 13.2. The number of amides is 1. The normalized spacial score (nSPS) is 11.7. The van der Waals surface area contributed by atoms with Crippen molar-refractivity contribution in [2.24, 2.45) is 0 Å². The lowest BCUT2D eigenvalue weighted by Crippen LogP contribution is -2.43. The van der Waals surface area contributed by atoms with Gasteiger partial charge in [0.1, 0.15) is 6.04 Å². The van der Waals surface area contributed by atoms with Crippen molar-refractivity contribution in [3.05, 3.63) is 70.2 Å². The van der Waals surface area contributed by atoms with Crippen LogP contribution in [0.2, 0.25) is 5.02 Å². The predicted molar refractivity (Wildman–Crippen MR) is 89.2 cm³/mol. The molecular formula is C18H16ClF2NO3. The number of nitrogens with one attached hydrogen (secondary N) is 1. The van der Waals surface area contributed by atoms with Crippen LogP contribution in [0.4, 0.5) is 8.78 Å². The minimum absolute atomic E-state index is 0.191. The van der Waals surface area contributed by atoms with Gasteiger partial charge in [-0.15, -0.1) is 0 Å². The molecule has 1 N–H and O–H groups in total. The number of esters is 1. The van der Waals surface area contributed by atoms with E-state index >= 15 is 0 Å². The van der Waals surface area contributed by atoms with E-state index in [9.17, 15) is 18.4 Å². The first kappa shape index (κ1) is 18.9. The lowest BCUT2D eigenvalue weighted by atomic mass is 10.1. The number of hydrogen-bond donors (Lipinski definition) is 1. The molecule has 0 aliphatic rings. The Hall–Kier alpha value is -2.47. The summed E-state index contributed by atoms with van der Waals surface area (Å²) in [6.45, 7) is 0. The van der Waals surface area contributed by atoms with Crippen LogP contribution in [0, 0.1) is 11.6 Å². The highest BCUT2D eigenvalue weighted by Crippen LogP contribution is 2.13. The van der Waals surface area contributed by atoms with Crippen LogP contribution < -0.4 is 5.32 Å². The summed E-state index contributed by atoms with van der Waals surface area (Å²) in [4.78, 5) is 24.0. The molecule has 7 heteroatoms. The number of halogens is 3. The fraction of sp³-hybridized carbons (Fsp3) is 0.222. The van der Waals surface area contributed by atoms with Gasteiger partial charge in [0.25, 0.3) is 0 Å². The molecule has 0 unspecified atom stereocenters. The lowest BCUT2D eigenvalue weighted by Gasteiger charge is -2.17. The van der Waals surface area contributed by atoms with Crippen LogP contribution >= 0.6 is 11.6 Å². The van der Waals surface area contributed by atoms with Crippen molar-refractivity contribution in [3.63, 3.8) is 0 Å². The van der Waals surface area contributed by atoms with Crippen LogP contribution in [0.1, 0.15) is 11.1 Å². The fourth-order valence-electron chi connectivity index (χ4n) is 2.32. The van der Waals surface area contributed by atoms with Crippen LogP contribution in [0.15, 0.2) is 42.5 Å². The van der Waals surface area contributed by atoms with Crippen LogP contribution in [0.25, 0.3) is 0 Å². The number of carbonyl (C=O) groups is 2. The van der Waals surface area contributed by atoms with E-state index in [1.165, 1.54) is 13.2 Å². The Bertz CT molecular complexity index is 783. The van der Waals surface area contributed by atoms with Crippen molar-refractivity contribution in [2.45, 2.75) is 18.9 Å². The van der Waals surface area contributed by atoms with Crippen LogP contribution in [-0.4, -0.2) is 25.0 Å². The molecule has 132 valence electrons. The average Bonchev–Trinajstić information content (AvgIpc) is 2.57. The zero-order valence-electron chi connectivity index (χ0n) is 13.4. The maximum absolute atomic E-state index is 13.2. The highest BCUT2D eigenvalue weighted by atomic mass is 35.5. The third-order valence-corrected chi connectivity index (χ3v) is 3.73. The Labute approximate surface area is 148 Å². The van der Waals surface area contributed by atoms with E-state index in [4.69, 9.17) is 16.3 Å². The molecule has 4 nitrogen and oxygen atoms in total. The van der Waals surface area contributed by atoms with Crippen molar-refractivity contribution in [3.8, 4) is 0 Å². The SMILES string of the molecule is COC(=O)[C@H](Cc1cccc(Cl)c1)NC(=O)Cc1ccc(F)c(F)c1. The summed E-state index contributed by atoms with van der Waals surface area (Å²) in [5.74, 6) is -3.15. The molecule has 2 aromatic rings. The van der Waals surface area contributed by atoms with E-state index in [1.807, 2.05) is 0 Å². The van der Waals surface area contributed by atoms with E-state index in [1.54, 1.807) is 24.3 Å². The average molecular weight is 368 g/mol. The van der Waals surface area contributed by atoms with E-state index in [-0.39, 0.29) is 12.8 Å². The highest BCUT2D eigenvalue weighted by molar-refractivity contribution is 6.30. The molecule has 0 spiro atoms. The Morgan fingerprint density at radius 1 is 1.12 bits per heavy atom. The molecule has 0 radical (unpaired) electrons. The Morgan fingerprint density at radius 2 is 1.88 bits per heavy atom. The van der Waals surface area contributed by atoms with E-state index in [0.29, 0.717) is 10.6 Å². The summed E-state index contributed by atoms with van der Waals surface area (Å²) >= 11 is 5.91. The first-order chi connectivity index (χ1) is 11.9. The molecule has 2 rings (SSSR count). The molecule has 0 fully saturated rings. The zero-order valence-corrected chi connectivity index (χ0v) is 14.1. The summed E-state index contributed by atoms with van der Waals surface area (Å²) in [6, 6.07) is 9.15. The van der Waals surface area contributed by atoms with Gasteiger partial charge < -0.3 is 10.1 Å². The van der Waals surface area contributed by atoms with Gasteiger partial charge in [0, 0.05) is 11.4 Å². The number of ether oxygens (including phenoxy) is 1. The van der Waals surface area contributed by atoms with Gasteiger partial charge in [-0.3, -0.25) is 4.79 Å². The minimum Gasteiger partial charge on any atom is -0.467 e. The molecule has 1 atom stereocenters. The van der Waals surface area contributed by atoms with E-state index in [2.05, 4.69) is 5.32 Å². The molecule has 2 aromatic carbocycles. The third kappa shape index (κ3) is 5.53. The number of methoxy groups -OCH3 is 1. The summed E-state index contributed by atoms with van der Waals surface area (Å²) in [5, 5.41) is 3.05. The second kappa shape index (κ2) is 8.58. The van der Waals surface area contributed by atoms with E-state index < -0.39 is 29.6 Å². The second-order valence-electron chi connectivity index (χ2n) is 5.40. The molecule has 0 saturated carbocycles. The van der Waals surface area contributed by atoms with Crippen molar-refractivity contribution < 1.29 is 23.1 Å². The largest absolute Gasteiger partial charge is 0.467 e. The molecule has 0 aliphatic carbocycles. The minimum atomic E-state index is -1.03. The van der Waals surface area contributed by atoms with Gasteiger partial charge in [0.15, 0.2) is 11.6 Å². The number of carbonyl (C=O) groups excluding carboxylic acids is 2. The third-order valence-electron chi connectivity index (χ3n) is 3.50.